The molecule has 1 fully saturated rings. The molecule has 2 nitrogen and oxygen atoms in total. The highest BCUT2D eigenvalue weighted by Gasteiger charge is 2.50. The summed E-state index contributed by atoms with van der Waals surface area (Å²) in [6.45, 7) is 8.62. The van der Waals surface area contributed by atoms with Gasteiger partial charge in [0.1, 0.15) is 0 Å². The summed E-state index contributed by atoms with van der Waals surface area (Å²) in [4.78, 5) is 0. The van der Waals surface area contributed by atoms with Gasteiger partial charge in [0.2, 0.25) is 0 Å². The fraction of sp³-hybridized carbons (Fsp3) is 0.867. The second-order valence-electron chi connectivity index (χ2n) is 7.08. The van der Waals surface area contributed by atoms with Crippen molar-refractivity contribution in [3.8, 4) is 0 Å². The number of allylic oxidation sites excluding steroid dienone is 1. The quantitative estimate of drug-likeness (QED) is 0.637. The Morgan fingerprint density at radius 2 is 1.88 bits per heavy atom. The van der Waals surface area contributed by atoms with E-state index in [9.17, 15) is 10.2 Å². The van der Waals surface area contributed by atoms with Crippen molar-refractivity contribution in [1.29, 1.82) is 0 Å². The summed E-state index contributed by atoms with van der Waals surface area (Å²) in [5.74, 6) is 0. The van der Waals surface area contributed by atoms with Gasteiger partial charge in [0.05, 0.1) is 11.7 Å². The summed E-state index contributed by atoms with van der Waals surface area (Å²) < 4.78 is 0. The van der Waals surface area contributed by atoms with E-state index in [0.29, 0.717) is 12.8 Å². The molecule has 17 heavy (non-hydrogen) atoms. The smallest absolute Gasteiger partial charge is 0.0912 e. The van der Waals surface area contributed by atoms with Gasteiger partial charge in [-0.2, -0.15) is 0 Å². The standard InChI is InChI=1S/C15H26O2/c1-13(2)8-5-6-11-7-9-15(4,17)12(16)10-14(11,13)3/h7,12,16-17H,5-6,8-10H2,1-4H3. The maximum atomic E-state index is 10.3. The van der Waals surface area contributed by atoms with E-state index in [1.807, 2.05) is 0 Å². The molecule has 0 heterocycles. The largest absolute Gasteiger partial charge is 0.390 e. The van der Waals surface area contributed by atoms with Crippen LogP contribution in [0.15, 0.2) is 11.6 Å². The lowest BCUT2D eigenvalue weighted by molar-refractivity contribution is -0.0846. The molecule has 0 spiro atoms. The van der Waals surface area contributed by atoms with E-state index >= 15 is 0 Å². The van der Waals surface area contributed by atoms with Gasteiger partial charge in [-0.15, -0.1) is 0 Å². The number of aliphatic hydroxyl groups is 2. The van der Waals surface area contributed by atoms with Crippen LogP contribution in [0, 0.1) is 10.8 Å². The van der Waals surface area contributed by atoms with Crippen LogP contribution < -0.4 is 0 Å². The number of fused-ring (bicyclic) bond motifs is 1. The second kappa shape index (κ2) is 3.83. The van der Waals surface area contributed by atoms with E-state index < -0.39 is 11.7 Å². The Morgan fingerprint density at radius 1 is 1.24 bits per heavy atom. The van der Waals surface area contributed by atoms with E-state index in [4.69, 9.17) is 0 Å². The average molecular weight is 238 g/mol. The summed E-state index contributed by atoms with van der Waals surface area (Å²) in [6.07, 6.45) is 6.38. The van der Waals surface area contributed by atoms with Crippen LogP contribution in [0.3, 0.4) is 0 Å². The fourth-order valence-electron chi connectivity index (χ4n) is 3.51. The third-order valence-corrected chi connectivity index (χ3v) is 5.53. The highest BCUT2D eigenvalue weighted by atomic mass is 16.3. The van der Waals surface area contributed by atoms with Crippen LogP contribution in [0.4, 0.5) is 0 Å². The first kappa shape index (κ1) is 13.1. The summed E-state index contributed by atoms with van der Waals surface area (Å²) in [7, 11) is 0. The average Bonchev–Trinajstić information content (AvgIpc) is 2.27. The molecular weight excluding hydrogens is 212 g/mol. The van der Waals surface area contributed by atoms with Crippen LogP contribution in [0.1, 0.15) is 59.8 Å². The molecule has 0 aromatic heterocycles. The number of hydrogen-bond acceptors (Lipinski definition) is 2. The molecule has 2 aliphatic carbocycles. The summed E-state index contributed by atoms with van der Waals surface area (Å²) in [5.41, 5.74) is 0.721. The van der Waals surface area contributed by atoms with E-state index in [1.54, 1.807) is 6.92 Å². The second-order valence-corrected chi connectivity index (χ2v) is 7.08. The number of aliphatic hydroxyl groups excluding tert-OH is 1. The molecular formula is C15H26O2. The molecule has 2 rings (SSSR count). The predicted molar refractivity (Wildman–Crippen MR) is 69.7 cm³/mol. The van der Waals surface area contributed by atoms with Gasteiger partial charge in [-0.05, 0) is 49.9 Å². The molecule has 0 aromatic carbocycles. The van der Waals surface area contributed by atoms with E-state index in [0.717, 1.165) is 6.42 Å². The molecule has 3 unspecified atom stereocenters. The van der Waals surface area contributed by atoms with Gasteiger partial charge in [0, 0.05) is 0 Å². The Bertz CT molecular complexity index is 341. The minimum atomic E-state index is -0.969. The van der Waals surface area contributed by atoms with Crippen molar-refractivity contribution in [3.05, 3.63) is 11.6 Å². The van der Waals surface area contributed by atoms with Crippen LogP contribution in [0.25, 0.3) is 0 Å². The van der Waals surface area contributed by atoms with Gasteiger partial charge < -0.3 is 10.2 Å². The SMILES string of the molecule is CC1(O)CC=C2CCCC(C)(C)C2(C)CC1O. The fourth-order valence-corrected chi connectivity index (χ4v) is 3.51. The number of hydrogen-bond donors (Lipinski definition) is 2. The zero-order valence-electron chi connectivity index (χ0n) is 11.6. The Balaban J connectivity index is 2.41. The lowest BCUT2D eigenvalue weighted by Crippen LogP contribution is -2.46. The van der Waals surface area contributed by atoms with Crippen LogP contribution in [-0.4, -0.2) is 21.9 Å². The first-order valence-corrected chi connectivity index (χ1v) is 6.79. The molecule has 0 aromatic rings. The molecule has 0 bridgehead atoms. The van der Waals surface area contributed by atoms with Crippen molar-refractivity contribution in [1.82, 2.24) is 0 Å². The van der Waals surface area contributed by atoms with Crippen LogP contribution in [-0.2, 0) is 0 Å². The van der Waals surface area contributed by atoms with Crippen molar-refractivity contribution in [2.75, 3.05) is 0 Å². The molecule has 2 aliphatic rings. The zero-order valence-corrected chi connectivity index (χ0v) is 11.6. The minimum absolute atomic E-state index is 0.0329. The predicted octanol–water partition coefficient (Wildman–Crippen LogP) is 3.03. The Kier molecular flexibility index (Phi) is 2.95. The van der Waals surface area contributed by atoms with Gasteiger partial charge in [0.25, 0.3) is 0 Å². The molecule has 0 amide bonds. The summed E-state index contributed by atoms with van der Waals surface area (Å²) >= 11 is 0. The van der Waals surface area contributed by atoms with Gasteiger partial charge in [-0.25, -0.2) is 0 Å². The highest BCUT2D eigenvalue weighted by Crippen LogP contribution is 2.57. The van der Waals surface area contributed by atoms with Crippen LogP contribution in [0.5, 0.6) is 0 Å². The van der Waals surface area contributed by atoms with Gasteiger partial charge >= 0.3 is 0 Å². The zero-order chi connectivity index (χ0) is 12.9. The molecule has 3 atom stereocenters. The van der Waals surface area contributed by atoms with Crippen molar-refractivity contribution in [2.45, 2.75) is 71.5 Å². The monoisotopic (exact) mass is 238 g/mol. The lowest BCUT2D eigenvalue weighted by atomic mass is 9.54. The third kappa shape index (κ3) is 1.96. The number of rotatable bonds is 0. The normalized spacial score (nSPS) is 45.8. The molecule has 0 radical (unpaired) electrons. The van der Waals surface area contributed by atoms with E-state index in [-0.39, 0.29) is 10.8 Å². The van der Waals surface area contributed by atoms with Crippen molar-refractivity contribution >= 4 is 0 Å². The van der Waals surface area contributed by atoms with Gasteiger partial charge in [0.15, 0.2) is 0 Å². The van der Waals surface area contributed by atoms with Gasteiger partial charge in [-0.1, -0.05) is 32.4 Å². The molecule has 0 aliphatic heterocycles. The third-order valence-electron chi connectivity index (χ3n) is 5.53. The van der Waals surface area contributed by atoms with Crippen molar-refractivity contribution in [2.24, 2.45) is 10.8 Å². The van der Waals surface area contributed by atoms with E-state index in [2.05, 4.69) is 26.8 Å². The summed E-state index contributed by atoms with van der Waals surface area (Å²) in [5, 5.41) is 20.5. The molecule has 2 N–H and O–H groups in total. The van der Waals surface area contributed by atoms with Crippen molar-refractivity contribution < 1.29 is 10.2 Å². The maximum Gasteiger partial charge on any atom is 0.0912 e. The van der Waals surface area contributed by atoms with Gasteiger partial charge in [-0.3, -0.25) is 0 Å². The molecule has 1 saturated carbocycles. The van der Waals surface area contributed by atoms with Crippen molar-refractivity contribution in [3.63, 3.8) is 0 Å². The Labute approximate surface area is 105 Å². The van der Waals surface area contributed by atoms with Crippen LogP contribution >= 0.6 is 0 Å². The summed E-state index contributed by atoms with van der Waals surface area (Å²) in [6, 6.07) is 0. The molecule has 2 heteroatoms. The minimum Gasteiger partial charge on any atom is -0.390 e. The highest BCUT2D eigenvalue weighted by molar-refractivity contribution is 5.24. The topological polar surface area (TPSA) is 40.5 Å². The molecule has 98 valence electrons. The Morgan fingerprint density at radius 3 is 2.53 bits per heavy atom. The lowest BCUT2D eigenvalue weighted by Gasteiger charge is -2.50. The van der Waals surface area contributed by atoms with E-state index in [1.165, 1.54) is 18.4 Å². The first-order valence-electron chi connectivity index (χ1n) is 6.79. The molecule has 0 saturated heterocycles. The maximum absolute atomic E-state index is 10.3. The Hall–Kier alpha value is -0.340. The van der Waals surface area contributed by atoms with Crippen LogP contribution in [0.2, 0.25) is 0 Å². The first-order chi connectivity index (χ1) is 7.69.